The molecule has 16 nitrogen and oxygen atoms in total. The van der Waals surface area contributed by atoms with E-state index >= 15 is 0 Å². The lowest BCUT2D eigenvalue weighted by Crippen LogP contribution is -2.68. The first-order valence-corrected chi connectivity index (χ1v) is 9.86. The fourth-order valence-corrected chi connectivity index (χ4v) is 3.56. The zero-order chi connectivity index (χ0) is 25.1. The molecule has 11 N–H and O–H groups in total. The molecule has 16 heteroatoms. The summed E-state index contributed by atoms with van der Waals surface area (Å²) in [6.45, 7) is -2.89. The number of ether oxygens (including phenoxy) is 3. The minimum absolute atomic E-state index is 0.861. The summed E-state index contributed by atoms with van der Waals surface area (Å²) < 4.78 is 15.5. The summed E-state index contributed by atoms with van der Waals surface area (Å²) in [6, 6.07) is -1.55. The van der Waals surface area contributed by atoms with E-state index in [0.29, 0.717) is 0 Å². The first-order chi connectivity index (χ1) is 15.4. The van der Waals surface area contributed by atoms with Gasteiger partial charge in [0.2, 0.25) is 5.91 Å². The maximum Gasteiger partial charge on any atom is 0.364 e. The second-order valence-corrected chi connectivity index (χ2v) is 7.75. The Balaban J connectivity index is 2.28. The number of hydrogen-bond acceptors (Lipinski definition) is 14. The summed E-state index contributed by atoms with van der Waals surface area (Å²) in [5.41, 5.74) is 0. The molecule has 2 aliphatic rings. The first kappa shape index (κ1) is 27.7. The molecule has 2 rings (SSSR count). The molecule has 2 fully saturated rings. The van der Waals surface area contributed by atoms with Crippen molar-refractivity contribution >= 4 is 11.9 Å². The molecule has 0 bridgehead atoms. The molecule has 2 saturated heterocycles. The van der Waals surface area contributed by atoms with Crippen LogP contribution in [0.5, 0.6) is 0 Å². The molecule has 33 heavy (non-hydrogen) atoms. The number of hydrogen-bond donors (Lipinski definition) is 11. The van der Waals surface area contributed by atoms with Crippen LogP contribution in [0.25, 0.3) is 0 Å². The van der Waals surface area contributed by atoms with Gasteiger partial charge in [-0.3, -0.25) is 4.79 Å². The molecule has 0 aromatic heterocycles. The minimum atomic E-state index is -2.75. The van der Waals surface area contributed by atoms with Gasteiger partial charge in [-0.15, -0.1) is 0 Å². The third-order valence-electron chi connectivity index (χ3n) is 5.46. The van der Waals surface area contributed by atoms with Gasteiger partial charge in [0.25, 0.3) is 5.79 Å². The lowest BCUT2D eigenvalue weighted by atomic mass is 9.88. The van der Waals surface area contributed by atoms with Crippen LogP contribution in [0.4, 0.5) is 0 Å². The molecular formula is C17H29NO15. The molecule has 0 radical (unpaired) electrons. The number of aliphatic hydroxyl groups is 9. The Hall–Kier alpha value is -1.54. The van der Waals surface area contributed by atoms with Crippen LogP contribution in [-0.2, 0) is 23.8 Å². The van der Waals surface area contributed by atoms with E-state index in [1.807, 2.05) is 0 Å². The Morgan fingerprint density at radius 3 is 2.24 bits per heavy atom. The molecule has 2 aliphatic heterocycles. The van der Waals surface area contributed by atoms with Gasteiger partial charge in [-0.25, -0.2) is 4.79 Å². The third kappa shape index (κ3) is 5.94. The second-order valence-electron chi connectivity index (χ2n) is 7.75. The maximum atomic E-state index is 12.0. The number of carbonyl (C=O) groups excluding carboxylic acids is 1. The van der Waals surface area contributed by atoms with Crippen LogP contribution in [0.15, 0.2) is 0 Å². The predicted octanol–water partition coefficient (Wildman–Crippen LogP) is -7.08. The highest BCUT2D eigenvalue weighted by Gasteiger charge is 2.56. The van der Waals surface area contributed by atoms with Gasteiger partial charge in [-0.05, 0) is 0 Å². The van der Waals surface area contributed by atoms with Crippen molar-refractivity contribution in [1.82, 2.24) is 5.32 Å². The number of carbonyl (C=O) groups is 2. The van der Waals surface area contributed by atoms with Crippen LogP contribution in [0.3, 0.4) is 0 Å². The zero-order valence-electron chi connectivity index (χ0n) is 17.1. The van der Waals surface area contributed by atoms with Crippen molar-refractivity contribution < 1.29 is 74.9 Å². The number of carboxylic acid groups (broad SMARTS) is 1. The van der Waals surface area contributed by atoms with Gasteiger partial charge >= 0.3 is 5.97 Å². The van der Waals surface area contributed by atoms with Gasteiger partial charge in [-0.2, -0.15) is 0 Å². The van der Waals surface area contributed by atoms with Crippen LogP contribution in [-0.4, -0.2) is 150 Å². The summed E-state index contributed by atoms with van der Waals surface area (Å²) in [5.74, 6) is -5.62. The SMILES string of the molecule is O=C(CO)N[C@H]1[C@H]([C@H](O)[C@H](O)CO)O[C@@](OC[C@H]2O[C@@H](O)[C@H](O)[C@@H](O)[C@H]2O)(C(=O)O)C[C@@H]1O. The number of carboxylic acids is 1. The van der Waals surface area contributed by atoms with Gasteiger partial charge in [0.1, 0.15) is 49.3 Å². The smallest absolute Gasteiger partial charge is 0.364 e. The molecule has 2 heterocycles. The van der Waals surface area contributed by atoms with E-state index in [4.69, 9.17) is 24.4 Å². The van der Waals surface area contributed by atoms with Crippen LogP contribution >= 0.6 is 0 Å². The Morgan fingerprint density at radius 2 is 1.70 bits per heavy atom. The van der Waals surface area contributed by atoms with E-state index in [9.17, 15) is 50.4 Å². The predicted molar refractivity (Wildman–Crippen MR) is 98.8 cm³/mol. The van der Waals surface area contributed by atoms with Crippen molar-refractivity contribution in [2.75, 3.05) is 19.8 Å². The number of nitrogens with one attached hydrogen (secondary N) is 1. The van der Waals surface area contributed by atoms with Crippen LogP contribution in [0, 0.1) is 0 Å². The Morgan fingerprint density at radius 1 is 1.06 bits per heavy atom. The molecule has 0 saturated carbocycles. The highest BCUT2D eigenvalue weighted by atomic mass is 16.7. The van der Waals surface area contributed by atoms with Crippen LogP contribution in [0.1, 0.15) is 6.42 Å². The summed E-state index contributed by atoms with van der Waals surface area (Å²) >= 11 is 0. The van der Waals surface area contributed by atoms with E-state index in [1.165, 1.54) is 0 Å². The quantitative estimate of drug-likeness (QED) is 0.144. The van der Waals surface area contributed by atoms with E-state index in [2.05, 4.69) is 5.32 Å². The normalized spacial score (nSPS) is 41.2. The standard InChI is InChI=1S/C17H29NO15/c19-2-6(22)10(24)14-9(18-8(23)3-20)5(21)1-17(33-14,16(29)30)31-4-7-11(25)12(26)13(27)15(28)32-7/h5-7,9-15,19-22,24-28H,1-4H2,(H,18,23)(H,29,30)/t5-,6+,7+,9+,10+,11-,12-,13+,14+,15+,17+/m0/s1. The third-order valence-corrected chi connectivity index (χ3v) is 5.46. The Labute approximate surface area is 186 Å². The average Bonchev–Trinajstić information content (AvgIpc) is 2.79. The van der Waals surface area contributed by atoms with Crippen molar-refractivity contribution in [3.05, 3.63) is 0 Å². The first-order valence-electron chi connectivity index (χ1n) is 9.86. The second kappa shape index (κ2) is 11.3. The molecule has 192 valence electrons. The number of rotatable bonds is 9. The van der Waals surface area contributed by atoms with Crippen molar-refractivity contribution in [2.24, 2.45) is 0 Å². The maximum absolute atomic E-state index is 12.0. The summed E-state index contributed by atoms with van der Waals surface area (Å²) in [5, 5.41) is 99.4. The number of aliphatic hydroxyl groups excluding tert-OH is 9. The van der Waals surface area contributed by atoms with Crippen molar-refractivity contribution in [1.29, 1.82) is 0 Å². The molecule has 0 aliphatic carbocycles. The highest BCUT2D eigenvalue weighted by molar-refractivity contribution is 5.78. The largest absolute Gasteiger partial charge is 0.477 e. The molecule has 0 aromatic rings. The monoisotopic (exact) mass is 487 g/mol. The topological polar surface area (TPSA) is 276 Å². The molecular weight excluding hydrogens is 458 g/mol. The van der Waals surface area contributed by atoms with E-state index in [1.54, 1.807) is 0 Å². The lowest BCUT2D eigenvalue weighted by molar-refractivity contribution is -0.334. The minimum Gasteiger partial charge on any atom is -0.477 e. The molecule has 11 atom stereocenters. The van der Waals surface area contributed by atoms with Gasteiger partial charge in [0.15, 0.2) is 6.29 Å². The lowest BCUT2D eigenvalue weighted by Gasteiger charge is -2.47. The number of amides is 1. The summed E-state index contributed by atoms with van der Waals surface area (Å²) in [4.78, 5) is 23.6. The average molecular weight is 487 g/mol. The highest BCUT2D eigenvalue weighted by Crippen LogP contribution is 2.34. The van der Waals surface area contributed by atoms with Gasteiger partial charge in [-0.1, -0.05) is 0 Å². The van der Waals surface area contributed by atoms with Crippen LogP contribution in [0.2, 0.25) is 0 Å². The summed E-state index contributed by atoms with van der Waals surface area (Å²) in [7, 11) is 0. The van der Waals surface area contributed by atoms with E-state index in [0.717, 1.165) is 0 Å². The molecule has 0 aromatic carbocycles. The van der Waals surface area contributed by atoms with Crippen molar-refractivity contribution in [3.63, 3.8) is 0 Å². The van der Waals surface area contributed by atoms with Gasteiger partial charge < -0.3 is 70.6 Å². The summed E-state index contributed by atoms with van der Waals surface area (Å²) in [6.07, 6.45) is -17.5. The van der Waals surface area contributed by atoms with Crippen molar-refractivity contribution in [3.8, 4) is 0 Å². The zero-order valence-corrected chi connectivity index (χ0v) is 17.1. The number of aliphatic carboxylic acids is 1. The molecule has 0 spiro atoms. The Bertz CT molecular complexity index is 681. The van der Waals surface area contributed by atoms with E-state index < -0.39 is 105 Å². The fraction of sp³-hybridized carbons (Fsp3) is 0.882. The van der Waals surface area contributed by atoms with Crippen LogP contribution < -0.4 is 5.32 Å². The fourth-order valence-electron chi connectivity index (χ4n) is 3.56. The van der Waals surface area contributed by atoms with Gasteiger partial charge in [0.05, 0.1) is 25.4 Å². The molecule has 0 unspecified atom stereocenters. The van der Waals surface area contributed by atoms with Gasteiger partial charge in [0, 0.05) is 6.42 Å². The Kier molecular flexibility index (Phi) is 9.45. The molecule has 1 amide bonds. The van der Waals surface area contributed by atoms with E-state index in [-0.39, 0.29) is 0 Å². The van der Waals surface area contributed by atoms with Crippen molar-refractivity contribution in [2.45, 2.75) is 73.4 Å².